The monoisotopic (exact) mass is 311 g/mol. The molecule has 0 unspecified atom stereocenters. The molecule has 6 heteroatoms. The minimum absolute atomic E-state index is 0.524. The van der Waals surface area contributed by atoms with Gasteiger partial charge in [-0.3, -0.25) is 4.98 Å². The van der Waals surface area contributed by atoms with Crippen molar-refractivity contribution < 1.29 is 0 Å². The first-order valence-corrected chi connectivity index (χ1v) is 7.13. The van der Waals surface area contributed by atoms with E-state index in [9.17, 15) is 0 Å². The quantitative estimate of drug-likeness (QED) is 0.763. The van der Waals surface area contributed by atoms with Crippen LogP contribution in [-0.4, -0.2) is 22.0 Å². The van der Waals surface area contributed by atoms with Gasteiger partial charge in [-0.25, -0.2) is 4.98 Å². The van der Waals surface area contributed by atoms with Gasteiger partial charge in [-0.15, -0.1) is 0 Å². The summed E-state index contributed by atoms with van der Waals surface area (Å²) >= 11 is 6.17. The second kappa shape index (κ2) is 6.41. The molecule has 0 spiro atoms. The van der Waals surface area contributed by atoms with Crippen molar-refractivity contribution in [1.29, 1.82) is 0 Å². The molecule has 1 aromatic carbocycles. The standard InChI is InChI=1S/C16H14ClN5/c1-18-16-21-14(11-5-4-8-19-10-11)9-15(22-16)20-13-7-3-2-6-12(13)17/h2-10H,1H3,(H2,18,20,21,22). The maximum atomic E-state index is 6.17. The minimum Gasteiger partial charge on any atom is -0.357 e. The Balaban J connectivity index is 2.00. The van der Waals surface area contributed by atoms with E-state index < -0.39 is 0 Å². The van der Waals surface area contributed by atoms with Gasteiger partial charge in [0.15, 0.2) is 0 Å². The molecule has 0 saturated carbocycles. The summed E-state index contributed by atoms with van der Waals surface area (Å²) in [4.78, 5) is 13.0. The average Bonchev–Trinajstić information content (AvgIpc) is 2.57. The van der Waals surface area contributed by atoms with Gasteiger partial charge in [0.2, 0.25) is 5.95 Å². The molecule has 3 aromatic rings. The van der Waals surface area contributed by atoms with Crippen molar-refractivity contribution in [3.05, 3.63) is 59.9 Å². The lowest BCUT2D eigenvalue weighted by molar-refractivity contribution is 1.15. The van der Waals surface area contributed by atoms with Crippen molar-refractivity contribution in [1.82, 2.24) is 15.0 Å². The topological polar surface area (TPSA) is 62.7 Å². The van der Waals surface area contributed by atoms with E-state index >= 15 is 0 Å². The lowest BCUT2D eigenvalue weighted by atomic mass is 10.2. The second-order valence-electron chi connectivity index (χ2n) is 4.56. The minimum atomic E-state index is 0.524. The van der Waals surface area contributed by atoms with Gasteiger partial charge >= 0.3 is 0 Å². The molecule has 0 atom stereocenters. The number of pyridine rings is 1. The third kappa shape index (κ3) is 3.15. The number of benzene rings is 1. The Morgan fingerprint density at radius 3 is 2.64 bits per heavy atom. The fraction of sp³-hybridized carbons (Fsp3) is 0.0625. The highest BCUT2D eigenvalue weighted by atomic mass is 35.5. The summed E-state index contributed by atoms with van der Waals surface area (Å²) in [6.07, 6.45) is 3.49. The van der Waals surface area contributed by atoms with E-state index in [-0.39, 0.29) is 0 Å². The van der Waals surface area contributed by atoms with E-state index in [1.807, 2.05) is 42.5 Å². The molecule has 22 heavy (non-hydrogen) atoms. The van der Waals surface area contributed by atoms with Crippen LogP contribution >= 0.6 is 11.6 Å². The average molecular weight is 312 g/mol. The van der Waals surface area contributed by atoms with E-state index in [2.05, 4.69) is 25.6 Å². The molecule has 0 saturated heterocycles. The number of para-hydroxylation sites is 1. The molecule has 110 valence electrons. The highest BCUT2D eigenvalue weighted by molar-refractivity contribution is 6.33. The largest absolute Gasteiger partial charge is 0.357 e. The Kier molecular flexibility index (Phi) is 4.16. The van der Waals surface area contributed by atoms with Crippen molar-refractivity contribution in [3.63, 3.8) is 0 Å². The van der Waals surface area contributed by atoms with Crippen molar-refractivity contribution >= 4 is 29.1 Å². The van der Waals surface area contributed by atoms with E-state index in [1.54, 1.807) is 19.4 Å². The van der Waals surface area contributed by atoms with E-state index in [0.29, 0.717) is 16.8 Å². The molecular weight excluding hydrogens is 298 g/mol. The normalized spacial score (nSPS) is 10.3. The first kappa shape index (κ1) is 14.3. The zero-order valence-electron chi connectivity index (χ0n) is 11.9. The predicted octanol–water partition coefficient (Wildman–Crippen LogP) is 3.98. The summed E-state index contributed by atoms with van der Waals surface area (Å²) < 4.78 is 0. The van der Waals surface area contributed by atoms with Crippen molar-refractivity contribution in [2.45, 2.75) is 0 Å². The highest BCUT2D eigenvalue weighted by Gasteiger charge is 2.07. The summed E-state index contributed by atoms with van der Waals surface area (Å²) in [7, 11) is 1.78. The van der Waals surface area contributed by atoms with E-state index in [1.165, 1.54) is 0 Å². The van der Waals surface area contributed by atoms with Gasteiger partial charge < -0.3 is 10.6 Å². The number of hydrogen-bond donors (Lipinski definition) is 2. The fourth-order valence-corrected chi connectivity index (χ4v) is 2.17. The number of aromatic nitrogens is 3. The van der Waals surface area contributed by atoms with Gasteiger partial charge in [-0.1, -0.05) is 23.7 Å². The zero-order valence-corrected chi connectivity index (χ0v) is 12.7. The molecule has 0 fully saturated rings. The molecule has 0 amide bonds. The summed E-state index contributed by atoms with van der Waals surface area (Å²) in [5, 5.41) is 6.81. The molecule has 0 radical (unpaired) electrons. The lowest BCUT2D eigenvalue weighted by Crippen LogP contribution is -2.02. The Hall–Kier alpha value is -2.66. The third-order valence-corrected chi connectivity index (χ3v) is 3.37. The number of nitrogens with one attached hydrogen (secondary N) is 2. The first-order chi connectivity index (χ1) is 10.8. The summed E-state index contributed by atoms with van der Waals surface area (Å²) in [5.41, 5.74) is 2.49. The highest BCUT2D eigenvalue weighted by Crippen LogP contribution is 2.26. The van der Waals surface area contributed by atoms with Gasteiger partial charge in [0.05, 0.1) is 16.4 Å². The van der Waals surface area contributed by atoms with Crippen molar-refractivity contribution in [2.24, 2.45) is 0 Å². The number of anilines is 3. The van der Waals surface area contributed by atoms with Crippen molar-refractivity contribution in [2.75, 3.05) is 17.7 Å². The molecule has 0 aliphatic carbocycles. The first-order valence-electron chi connectivity index (χ1n) is 6.75. The van der Waals surface area contributed by atoms with Crippen LogP contribution in [0.4, 0.5) is 17.5 Å². The molecule has 0 aliphatic rings. The van der Waals surface area contributed by atoms with E-state index in [0.717, 1.165) is 16.9 Å². The molecule has 0 aliphatic heterocycles. The Labute approximate surface area is 133 Å². The van der Waals surface area contributed by atoms with Gasteiger partial charge in [0.1, 0.15) is 5.82 Å². The predicted molar refractivity (Wildman–Crippen MR) is 89.5 cm³/mol. The smallest absolute Gasteiger partial charge is 0.224 e. The summed E-state index contributed by atoms with van der Waals surface area (Å²) in [6, 6.07) is 13.2. The van der Waals surface area contributed by atoms with Crippen LogP contribution in [0.25, 0.3) is 11.3 Å². The lowest BCUT2D eigenvalue weighted by Gasteiger charge is -2.10. The van der Waals surface area contributed by atoms with Crippen LogP contribution in [-0.2, 0) is 0 Å². The molecule has 3 rings (SSSR count). The van der Waals surface area contributed by atoms with Crippen LogP contribution < -0.4 is 10.6 Å². The molecular formula is C16H14ClN5. The number of halogens is 1. The molecule has 2 heterocycles. The van der Waals surface area contributed by atoms with Crippen LogP contribution in [0.3, 0.4) is 0 Å². The van der Waals surface area contributed by atoms with Crippen LogP contribution in [0.2, 0.25) is 5.02 Å². The molecule has 2 N–H and O–H groups in total. The maximum absolute atomic E-state index is 6.17. The Morgan fingerprint density at radius 1 is 1.05 bits per heavy atom. The Bertz CT molecular complexity index is 776. The number of rotatable bonds is 4. The number of hydrogen-bond acceptors (Lipinski definition) is 5. The summed E-state index contributed by atoms with van der Waals surface area (Å²) in [6.45, 7) is 0. The maximum Gasteiger partial charge on any atom is 0.224 e. The van der Waals surface area contributed by atoms with Gasteiger partial charge in [-0.05, 0) is 24.3 Å². The molecule has 5 nitrogen and oxygen atoms in total. The molecule has 2 aromatic heterocycles. The molecule has 0 bridgehead atoms. The fourth-order valence-electron chi connectivity index (χ4n) is 1.99. The van der Waals surface area contributed by atoms with Crippen molar-refractivity contribution in [3.8, 4) is 11.3 Å². The van der Waals surface area contributed by atoms with Crippen LogP contribution in [0.15, 0.2) is 54.9 Å². The SMILES string of the molecule is CNc1nc(Nc2ccccc2Cl)cc(-c2cccnc2)n1. The Morgan fingerprint density at radius 2 is 1.91 bits per heavy atom. The van der Waals surface area contributed by atoms with Gasteiger partial charge in [0, 0.05) is 31.1 Å². The van der Waals surface area contributed by atoms with Crippen LogP contribution in [0, 0.1) is 0 Å². The van der Waals surface area contributed by atoms with Gasteiger partial charge in [-0.2, -0.15) is 4.98 Å². The van der Waals surface area contributed by atoms with Crippen LogP contribution in [0.5, 0.6) is 0 Å². The third-order valence-electron chi connectivity index (χ3n) is 3.04. The van der Waals surface area contributed by atoms with E-state index in [4.69, 9.17) is 11.6 Å². The summed E-state index contributed by atoms with van der Waals surface area (Å²) in [5.74, 6) is 1.18. The van der Waals surface area contributed by atoms with Gasteiger partial charge in [0.25, 0.3) is 0 Å². The van der Waals surface area contributed by atoms with Crippen LogP contribution in [0.1, 0.15) is 0 Å². The second-order valence-corrected chi connectivity index (χ2v) is 4.97. The zero-order chi connectivity index (χ0) is 15.4. The number of nitrogens with zero attached hydrogens (tertiary/aromatic N) is 3.